The van der Waals surface area contributed by atoms with Gasteiger partial charge >= 0.3 is 5.97 Å². The molecule has 2 rings (SSSR count). The molecule has 116 valence electrons. The van der Waals surface area contributed by atoms with E-state index in [4.69, 9.17) is 22.1 Å². The molecule has 0 aromatic heterocycles. The van der Waals surface area contributed by atoms with Crippen LogP contribution in [-0.2, 0) is 9.53 Å². The first-order valence-corrected chi connectivity index (χ1v) is 8.58. The van der Waals surface area contributed by atoms with Crippen LogP contribution in [0.3, 0.4) is 0 Å². The van der Waals surface area contributed by atoms with Crippen LogP contribution in [-0.4, -0.2) is 24.9 Å². The lowest BCUT2D eigenvalue weighted by atomic mass is 10.1. The largest absolute Gasteiger partial charge is 0.469 e. The molecule has 0 spiro atoms. The van der Waals surface area contributed by atoms with Gasteiger partial charge in [-0.2, -0.15) is 11.8 Å². The standard InChI is InChI=1S/C16H22ClNO2S/c1-11(18)15(12-5-3-4-6-13(12)17)21-10-16(7-8-16)9-14(19)20-2/h3-6,11,15H,7-10,18H2,1-2H3. The summed E-state index contributed by atoms with van der Waals surface area (Å²) in [6, 6.07) is 7.84. The van der Waals surface area contributed by atoms with Crippen LogP contribution in [0.2, 0.25) is 5.02 Å². The van der Waals surface area contributed by atoms with Crippen LogP contribution in [0.1, 0.15) is 37.0 Å². The highest BCUT2D eigenvalue weighted by Crippen LogP contribution is 2.53. The fourth-order valence-corrected chi connectivity index (χ4v) is 4.35. The molecule has 0 bridgehead atoms. The zero-order chi connectivity index (χ0) is 15.5. The van der Waals surface area contributed by atoms with Crippen molar-refractivity contribution in [3.63, 3.8) is 0 Å². The molecule has 0 heterocycles. The van der Waals surface area contributed by atoms with Gasteiger partial charge in [-0.3, -0.25) is 4.79 Å². The highest BCUT2D eigenvalue weighted by molar-refractivity contribution is 7.99. The van der Waals surface area contributed by atoms with Crippen LogP contribution in [0.4, 0.5) is 0 Å². The number of hydrogen-bond donors (Lipinski definition) is 1. The number of ether oxygens (including phenoxy) is 1. The fourth-order valence-electron chi connectivity index (χ4n) is 2.42. The molecule has 1 fully saturated rings. The Morgan fingerprint density at radius 2 is 2.14 bits per heavy atom. The number of thioether (sulfide) groups is 1. The van der Waals surface area contributed by atoms with E-state index >= 15 is 0 Å². The topological polar surface area (TPSA) is 52.3 Å². The van der Waals surface area contributed by atoms with Gasteiger partial charge in [-0.05, 0) is 36.8 Å². The van der Waals surface area contributed by atoms with Crippen molar-refractivity contribution in [1.82, 2.24) is 0 Å². The monoisotopic (exact) mass is 327 g/mol. The number of nitrogens with two attached hydrogens (primary N) is 1. The number of benzene rings is 1. The van der Waals surface area contributed by atoms with E-state index in [-0.39, 0.29) is 22.7 Å². The summed E-state index contributed by atoms with van der Waals surface area (Å²) < 4.78 is 4.79. The number of methoxy groups -OCH3 is 1. The van der Waals surface area contributed by atoms with Gasteiger partial charge in [0.25, 0.3) is 0 Å². The molecule has 0 radical (unpaired) electrons. The van der Waals surface area contributed by atoms with Crippen molar-refractivity contribution in [2.45, 2.75) is 37.5 Å². The second-order valence-corrected chi connectivity index (χ2v) is 7.40. The Bertz CT molecular complexity index is 503. The molecule has 0 saturated heterocycles. The minimum Gasteiger partial charge on any atom is -0.469 e. The first kappa shape index (κ1) is 16.7. The summed E-state index contributed by atoms with van der Waals surface area (Å²) in [4.78, 5) is 11.5. The highest BCUT2D eigenvalue weighted by Gasteiger charge is 2.45. The van der Waals surface area contributed by atoms with Gasteiger partial charge in [-0.15, -0.1) is 0 Å². The average molecular weight is 328 g/mol. The van der Waals surface area contributed by atoms with E-state index in [1.807, 2.05) is 31.2 Å². The SMILES string of the molecule is COC(=O)CC1(CSC(c2ccccc2Cl)C(C)N)CC1. The maximum Gasteiger partial charge on any atom is 0.306 e. The van der Waals surface area contributed by atoms with Crippen LogP contribution >= 0.6 is 23.4 Å². The normalized spacial score (nSPS) is 18.9. The van der Waals surface area contributed by atoms with Crippen LogP contribution in [0.25, 0.3) is 0 Å². The maximum absolute atomic E-state index is 11.5. The Labute approximate surface area is 135 Å². The van der Waals surface area contributed by atoms with Crippen molar-refractivity contribution < 1.29 is 9.53 Å². The molecule has 3 nitrogen and oxygen atoms in total. The molecule has 5 heteroatoms. The summed E-state index contributed by atoms with van der Waals surface area (Å²) in [7, 11) is 1.44. The van der Waals surface area contributed by atoms with E-state index in [9.17, 15) is 4.79 Å². The molecule has 1 saturated carbocycles. The molecule has 0 aliphatic heterocycles. The van der Waals surface area contributed by atoms with Gasteiger partial charge in [0, 0.05) is 22.1 Å². The zero-order valence-electron chi connectivity index (χ0n) is 12.5. The maximum atomic E-state index is 11.5. The summed E-state index contributed by atoms with van der Waals surface area (Å²) in [5, 5.41) is 0.902. The first-order valence-electron chi connectivity index (χ1n) is 7.16. The van der Waals surface area contributed by atoms with Crippen molar-refractivity contribution in [3.05, 3.63) is 34.9 Å². The van der Waals surface area contributed by atoms with Gasteiger partial charge in [0.2, 0.25) is 0 Å². The number of rotatable bonds is 7. The number of hydrogen-bond acceptors (Lipinski definition) is 4. The van der Waals surface area contributed by atoms with Gasteiger partial charge in [0.15, 0.2) is 0 Å². The molecule has 1 aromatic rings. The minimum atomic E-state index is -0.122. The molecule has 1 aliphatic rings. The Kier molecular flexibility index (Phi) is 5.58. The van der Waals surface area contributed by atoms with Gasteiger partial charge in [0.1, 0.15) is 0 Å². The van der Waals surface area contributed by atoms with Crippen molar-refractivity contribution in [2.75, 3.05) is 12.9 Å². The number of carbonyl (C=O) groups is 1. The second-order valence-electron chi connectivity index (χ2n) is 5.87. The lowest BCUT2D eigenvalue weighted by molar-refractivity contribution is -0.141. The van der Waals surface area contributed by atoms with Crippen molar-refractivity contribution in [2.24, 2.45) is 11.1 Å². The molecule has 0 amide bonds. The molecule has 1 aliphatic carbocycles. The Morgan fingerprint density at radius 3 is 2.67 bits per heavy atom. The summed E-state index contributed by atoms with van der Waals surface area (Å²) in [5.74, 6) is 0.794. The van der Waals surface area contributed by atoms with E-state index in [0.717, 1.165) is 29.2 Å². The number of carbonyl (C=O) groups excluding carboxylic acids is 1. The number of esters is 1. The highest BCUT2D eigenvalue weighted by atomic mass is 35.5. The van der Waals surface area contributed by atoms with Crippen molar-refractivity contribution >= 4 is 29.3 Å². The van der Waals surface area contributed by atoms with E-state index in [1.54, 1.807) is 11.8 Å². The Balaban J connectivity index is 2.02. The second kappa shape index (κ2) is 7.03. The van der Waals surface area contributed by atoms with Gasteiger partial charge in [-0.25, -0.2) is 0 Å². The van der Waals surface area contributed by atoms with Crippen molar-refractivity contribution in [3.8, 4) is 0 Å². The van der Waals surface area contributed by atoms with E-state index < -0.39 is 0 Å². The van der Waals surface area contributed by atoms with Crippen molar-refractivity contribution in [1.29, 1.82) is 0 Å². The molecular weight excluding hydrogens is 306 g/mol. The predicted octanol–water partition coefficient (Wildman–Crippen LogP) is 3.80. The third-order valence-corrected chi connectivity index (χ3v) is 6.13. The molecular formula is C16H22ClNO2S. The third-order valence-electron chi connectivity index (χ3n) is 3.96. The molecule has 1 aromatic carbocycles. The van der Waals surface area contributed by atoms with Crippen LogP contribution < -0.4 is 5.73 Å². The number of halogens is 1. The summed E-state index contributed by atoms with van der Waals surface area (Å²) in [6.07, 6.45) is 2.68. The van der Waals surface area contributed by atoms with E-state index in [2.05, 4.69) is 0 Å². The Morgan fingerprint density at radius 1 is 1.48 bits per heavy atom. The first-order chi connectivity index (χ1) is 9.97. The third kappa shape index (κ3) is 4.38. The van der Waals surface area contributed by atoms with E-state index in [1.165, 1.54) is 7.11 Å². The zero-order valence-corrected chi connectivity index (χ0v) is 14.0. The minimum absolute atomic E-state index is 0.00354. The molecule has 2 unspecified atom stereocenters. The van der Waals surface area contributed by atoms with Crippen LogP contribution in [0.5, 0.6) is 0 Å². The quantitative estimate of drug-likeness (QED) is 0.774. The van der Waals surface area contributed by atoms with Gasteiger partial charge in [0.05, 0.1) is 13.5 Å². The van der Waals surface area contributed by atoms with E-state index in [0.29, 0.717) is 6.42 Å². The lowest BCUT2D eigenvalue weighted by Gasteiger charge is -2.24. The lowest BCUT2D eigenvalue weighted by Crippen LogP contribution is -2.24. The smallest absolute Gasteiger partial charge is 0.306 e. The van der Waals surface area contributed by atoms with Crippen LogP contribution in [0, 0.1) is 5.41 Å². The fraction of sp³-hybridized carbons (Fsp3) is 0.562. The predicted molar refractivity (Wildman–Crippen MR) is 88.6 cm³/mol. The molecule has 2 N–H and O–H groups in total. The summed E-state index contributed by atoms with van der Waals surface area (Å²) in [6.45, 7) is 2.00. The van der Waals surface area contributed by atoms with Gasteiger partial charge < -0.3 is 10.5 Å². The summed E-state index contributed by atoms with van der Waals surface area (Å²) >= 11 is 8.09. The summed E-state index contributed by atoms with van der Waals surface area (Å²) in [5.41, 5.74) is 7.32. The molecule has 2 atom stereocenters. The van der Waals surface area contributed by atoms with Gasteiger partial charge in [-0.1, -0.05) is 29.8 Å². The average Bonchev–Trinajstić information content (AvgIpc) is 3.20. The van der Waals surface area contributed by atoms with Crippen LogP contribution in [0.15, 0.2) is 24.3 Å². The Hall–Kier alpha value is -0.710. The molecule has 21 heavy (non-hydrogen) atoms.